The van der Waals surface area contributed by atoms with Crippen LogP contribution >= 0.6 is 0 Å². The van der Waals surface area contributed by atoms with Crippen molar-refractivity contribution in [2.24, 2.45) is 56.7 Å². The molecule has 0 aromatic rings. The van der Waals surface area contributed by atoms with Crippen LogP contribution in [0.1, 0.15) is 99.8 Å². The molecule has 0 aliphatic heterocycles. The van der Waals surface area contributed by atoms with Crippen molar-refractivity contribution in [3.63, 3.8) is 0 Å². The molecule has 33 heavy (non-hydrogen) atoms. The van der Waals surface area contributed by atoms with E-state index in [0.29, 0.717) is 35.9 Å². The molecular weight excluding hydrogens is 408 g/mol. The van der Waals surface area contributed by atoms with Gasteiger partial charge in [-0.25, -0.2) is 0 Å². The van der Waals surface area contributed by atoms with E-state index < -0.39 is 11.5 Å². The second-order valence-electron chi connectivity index (χ2n) is 14.7. The monoisotopic (exact) mass is 456 g/mol. The van der Waals surface area contributed by atoms with Gasteiger partial charge in [-0.3, -0.25) is 4.79 Å². The Morgan fingerprint density at radius 1 is 0.909 bits per heavy atom. The van der Waals surface area contributed by atoms with Gasteiger partial charge in [-0.15, -0.1) is 0 Å². The molecule has 186 valence electrons. The fraction of sp³-hybridized carbons (Fsp3) is 0.900. The zero-order valence-corrected chi connectivity index (χ0v) is 22.2. The molecule has 0 aromatic heterocycles. The Hall–Kier alpha value is -0.670. The molecule has 0 aromatic carbocycles. The molecule has 0 bridgehead atoms. The lowest BCUT2D eigenvalue weighted by Crippen LogP contribution is -2.70. The molecule has 0 heterocycles. The zero-order chi connectivity index (χ0) is 24.4. The Balaban J connectivity index is 1.61. The van der Waals surface area contributed by atoms with E-state index >= 15 is 0 Å². The molecule has 0 unspecified atom stereocenters. The first-order valence-electron chi connectivity index (χ1n) is 13.7. The van der Waals surface area contributed by atoms with Crippen molar-refractivity contribution in [1.29, 1.82) is 0 Å². The van der Waals surface area contributed by atoms with Crippen LogP contribution in [0.25, 0.3) is 0 Å². The molecule has 2 N–H and O–H groups in total. The molecular formula is C30H48O3. The van der Waals surface area contributed by atoms with Crippen molar-refractivity contribution in [1.82, 2.24) is 0 Å². The van der Waals surface area contributed by atoms with Gasteiger partial charge in [-0.1, -0.05) is 53.7 Å². The number of carbonyl (C=O) groups is 1. The standard InChI is InChI=1S/C30H48O3/c1-17(2)18-11-13-28(6)23(33)16-29(7)19(24(18)28)9-10-21-27(5)14-12-22(32)26(3,4)25(27)20(31)15-30(21,29)8/h18-21,23-25,31,33H,1,9-16H2,2-8H3/t18-,19-,20+,21+,23-,24+,25-,27+,28+,29+,30+/m0/s1. The minimum atomic E-state index is -0.466. The van der Waals surface area contributed by atoms with Crippen molar-refractivity contribution < 1.29 is 15.0 Å². The van der Waals surface area contributed by atoms with Gasteiger partial charge in [-0.05, 0) is 97.2 Å². The Morgan fingerprint density at radius 3 is 2.21 bits per heavy atom. The van der Waals surface area contributed by atoms with Crippen molar-refractivity contribution in [3.05, 3.63) is 12.2 Å². The first kappa shape index (κ1) is 24.0. The lowest BCUT2D eigenvalue weighted by molar-refractivity contribution is -0.271. The molecule has 11 atom stereocenters. The van der Waals surface area contributed by atoms with Crippen LogP contribution in [-0.4, -0.2) is 28.2 Å². The van der Waals surface area contributed by atoms with Gasteiger partial charge in [0, 0.05) is 17.8 Å². The maximum absolute atomic E-state index is 12.9. The van der Waals surface area contributed by atoms with Gasteiger partial charge in [0.2, 0.25) is 0 Å². The summed E-state index contributed by atoms with van der Waals surface area (Å²) in [6.45, 7) is 20.4. The average molecular weight is 457 g/mol. The third-order valence-electron chi connectivity index (χ3n) is 13.2. The third-order valence-corrected chi connectivity index (χ3v) is 13.2. The molecule has 5 aliphatic rings. The maximum atomic E-state index is 12.9. The normalized spacial score (nSPS) is 57.5. The van der Waals surface area contributed by atoms with Crippen LogP contribution in [0.3, 0.4) is 0 Å². The molecule has 0 saturated heterocycles. The van der Waals surface area contributed by atoms with E-state index in [1.807, 2.05) is 0 Å². The number of fused-ring (bicyclic) bond motifs is 7. The quantitative estimate of drug-likeness (QED) is 0.464. The lowest BCUT2D eigenvalue weighted by atomic mass is 9.31. The average Bonchev–Trinajstić information content (AvgIpc) is 3.05. The second kappa shape index (κ2) is 6.96. The first-order valence-corrected chi connectivity index (χ1v) is 13.7. The fourth-order valence-corrected chi connectivity index (χ4v) is 11.5. The third kappa shape index (κ3) is 2.73. The number of aliphatic hydroxyl groups is 2. The number of carbonyl (C=O) groups excluding carboxylic acids is 1. The predicted molar refractivity (Wildman–Crippen MR) is 132 cm³/mol. The maximum Gasteiger partial charge on any atom is 0.138 e. The minimum Gasteiger partial charge on any atom is -0.393 e. The van der Waals surface area contributed by atoms with E-state index in [2.05, 4.69) is 55.0 Å². The van der Waals surface area contributed by atoms with Crippen LogP contribution in [0.2, 0.25) is 0 Å². The highest BCUT2D eigenvalue weighted by atomic mass is 16.3. The molecule has 0 amide bonds. The Labute approximate surface area is 201 Å². The predicted octanol–water partition coefficient (Wildman–Crippen LogP) is 6.17. The van der Waals surface area contributed by atoms with Gasteiger partial charge < -0.3 is 10.2 Å². The number of ketones is 1. The van der Waals surface area contributed by atoms with Gasteiger partial charge >= 0.3 is 0 Å². The largest absolute Gasteiger partial charge is 0.393 e. The number of hydrogen-bond acceptors (Lipinski definition) is 3. The summed E-state index contributed by atoms with van der Waals surface area (Å²) >= 11 is 0. The van der Waals surface area contributed by atoms with E-state index in [-0.39, 0.29) is 33.7 Å². The molecule has 0 radical (unpaired) electrons. The van der Waals surface area contributed by atoms with Crippen molar-refractivity contribution >= 4 is 5.78 Å². The molecule has 5 rings (SSSR count). The minimum absolute atomic E-state index is 0.0158. The number of rotatable bonds is 1. The molecule has 5 aliphatic carbocycles. The van der Waals surface area contributed by atoms with Crippen LogP contribution in [0.5, 0.6) is 0 Å². The highest BCUT2D eigenvalue weighted by Crippen LogP contribution is 2.77. The van der Waals surface area contributed by atoms with Crippen LogP contribution in [-0.2, 0) is 4.79 Å². The SMILES string of the molecule is C=C(C)[C@@H]1CC[C@@]2(C)[C@H]1[C@@H]1CC[C@@H]3[C@@]4(C)CCC(=O)C(C)(C)[C@@H]4[C@H](O)C[C@@]3(C)[C@]1(C)C[C@@H]2O. The summed E-state index contributed by atoms with van der Waals surface area (Å²) in [4.78, 5) is 12.9. The van der Waals surface area contributed by atoms with Crippen LogP contribution in [0.4, 0.5) is 0 Å². The van der Waals surface area contributed by atoms with Gasteiger partial charge in [0.25, 0.3) is 0 Å². The van der Waals surface area contributed by atoms with E-state index in [4.69, 9.17) is 0 Å². The second-order valence-corrected chi connectivity index (χ2v) is 14.7. The molecule has 3 heteroatoms. The molecule has 5 fully saturated rings. The van der Waals surface area contributed by atoms with Gasteiger partial charge in [-0.2, -0.15) is 0 Å². The Bertz CT molecular complexity index is 876. The number of hydrogen-bond donors (Lipinski definition) is 2. The smallest absolute Gasteiger partial charge is 0.138 e. The van der Waals surface area contributed by atoms with Crippen LogP contribution in [0.15, 0.2) is 12.2 Å². The highest BCUT2D eigenvalue weighted by Gasteiger charge is 2.73. The van der Waals surface area contributed by atoms with Gasteiger partial charge in [0.1, 0.15) is 5.78 Å². The van der Waals surface area contributed by atoms with Crippen molar-refractivity contribution in [2.75, 3.05) is 0 Å². The summed E-state index contributed by atoms with van der Waals surface area (Å²) in [6, 6.07) is 0. The summed E-state index contributed by atoms with van der Waals surface area (Å²) in [7, 11) is 0. The fourth-order valence-electron chi connectivity index (χ4n) is 11.5. The zero-order valence-electron chi connectivity index (χ0n) is 22.2. The van der Waals surface area contributed by atoms with Crippen molar-refractivity contribution in [3.8, 4) is 0 Å². The van der Waals surface area contributed by atoms with Gasteiger partial charge in [0.05, 0.1) is 12.2 Å². The summed E-state index contributed by atoms with van der Waals surface area (Å²) in [5.41, 5.74) is 0.714. The molecule has 5 saturated carbocycles. The molecule has 3 nitrogen and oxygen atoms in total. The summed E-state index contributed by atoms with van der Waals surface area (Å²) < 4.78 is 0. The van der Waals surface area contributed by atoms with Crippen LogP contribution < -0.4 is 0 Å². The Morgan fingerprint density at radius 2 is 1.58 bits per heavy atom. The first-order chi connectivity index (χ1) is 15.1. The van der Waals surface area contributed by atoms with E-state index in [1.165, 1.54) is 18.4 Å². The van der Waals surface area contributed by atoms with E-state index in [1.54, 1.807) is 0 Å². The summed E-state index contributed by atoms with van der Waals surface area (Å²) in [5, 5.41) is 23.4. The molecule has 0 spiro atoms. The van der Waals surface area contributed by atoms with Crippen molar-refractivity contribution in [2.45, 2.75) is 112 Å². The number of Topliss-reactive ketones (excluding diaryl/α,β-unsaturated/α-hetero) is 1. The van der Waals surface area contributed by atoms with Gasteiger partial charge in [0.15, 0.2) is 0 Å². The number of aliphatic hydroxyl groups excluding tert-OH is 2. The van der Waals surface area contributed by atoms with E-state index in [9.17, 15) is 15.0 Å². The lowest BCUT2D eigenvalue weighted by Gasteiger charge is -2.73. The summed E-state index contributed by atoms with van der Waals surface area (Å²) in [6.07, 6.45) is 7.03. The van der Waals surface area contributed by atoms with E-state index in [0.717, 1.165) is 32.1 Å². The van der Waals surface area contributed by atoms with Crippen LogP contribution in [0, 0.1) is 56.7 Å². The highest BCUT2D eigenvalue weighted by molar-refractivity contribution is 5.85. The Kier molecular flexibility index (Phi) is 5.07. The summed E-state index contributed by atoms with van der Waals surface area (Å²) in [5.74, 6) is 2.37. The topological polar surface area (TPSA) is 57.5 Å². The number of allylic oxidation sites excluding steroid dienone is 1.